The highest BCUT2D eigenvalue weighted by Gasteiger charge is 2.42. The second-order valence-electron chi connectivity index (χ2n) is 12.2. The Balaban J connectivity index is 1.37. The van der Waals surface area contributed by atoms with E-state index < -0.39 is 17.0 Å². The highest BCUT2D eigenvalue weighted by molar-refractivity contribution is 6.00. The summed E-state index contributed by atoms with van der Waals surface area (Å²) in [7, 11) is 1.55. The van der Waals surface area contributed by atoms with E-state index in [1.807, 2.05) is 32.9 Å². The number of hydrogen-bond acceptors (Lipinski definition) is 7. The molecule has 10 heteroatoms. The van der Waals surface area contributed by atoms with Crippen molar-refractivity contribution in [2.75, 3.05) is 26.8 Å². The first-order valence-corrected chi connectivity index (χ1v) is 14.7. The van der Waals surface area contributed by atoms with Gasteiger partial charge in [-0.05, 0) is 81.5 Å². The summed E-state index contributed by atoms with van der Waals surface area (Å²) in [4.78, 5) is 34.4. The number of amides is 1. The fourth-order valence-corrected chi connectivity index (χ4v) is 6.00. The van der Waals surface area contributed by atoms with Crippen LogP contribution in [0.5, 0.6) is 11.5 Å². The van der Waals surface area contributed by atoms with E-state index in [1.165, 1.54) is 19.1 Å². The van der Waals surface area contributed by atoms with Crippen LogP contribution in [0.25, 0.3) is 22.2 Å². The zero-order valence-electron chi connectivity index (χ0n) is 25.4. The van der Waals surface area contributed by atoms with Crippen molar-refractivity contribution in [3.63, 3.8) is 0 Å². The van der Waals surface area contributed by atoms with Crippen LogP contribution in [0.3, 0.4) is 0 Å². The van der Waals surface area contributed by atoms with Gasteiger partial charge in [-0.2, -0.15) is 4.91 Å². The van der Waals surface area contributed by atoms with Crippen LogP contribution in [0.1, 0.15) is 64.1 Å². The van der Waals surface area contributed by atoms with Gasteiger partial charge in [-0.3, -0.25) is 4.79 Å². The number of methoxy groups -OCH3 is 1. The number of carbonyl (C=O) groups excluding carboxylic acids is 1. The second-order valence-corrected chi connectivity index (χ2v) is 12.2. The van der Waals surface area contributed by atoms with Gasteiger partial charge in [-0.25, -0.2) is 18.7 Å². The van der Waals surface area contributed by atoms with Gasteiger partial charge in [-0.15, -0.1) is 0 Å². The van der Waals surface area contributed by atoms with Crippen LogP contribution in [-0.4, -0.2) is 42.7 Å². The number of halogens is 2. The molecular formula is C34H34F2N4O4. The number of hydrogen-bond donors (Lipinski definition) is 1. The molecule has 228 valence electrons. The summed E-state index contributed by atoms with van der Waals surface area (Å²) >= 11 is 0. The molecule has 1 N–H and O–H groups in total. The Labute approximate surface area is 254 Å². The summed E-state index contributed by atoms with van der Waals surface area (Å²) in [5.41, 5.74) is 3.91. The zero-order valence-corrected chi connectivity index (χ0v) is 25.4. The maximum atomic E-state index is 15.4. The monoisotopic (exact) mass is 600 g/mol. The van der Waals surface area contributed by atoms with Crippen molar-refractivity contribution in [2.24, 2.45) is 11.1 Å². The number of carbonyl (C=O) groups is 1. The van der Waals surface area contributed by atoms with Crippen molar-refractivity contribution in [1.82, 2.24) is 15.3 Å². The van der Waals surface area contributed by atoms with Crippen LogP contribution in [0.4, 0.5) is 8.78 Å². The van der Waals surface area contributed by atoms with E-state index >= 15 is 4.39 Å². The molecule has 1 amide bonds. The smallest absolute Gasteiger partial charge is 0.251 e. The third kappa shape index (κ3) is 5.16. The van der Waals surface area contributed by atoms with Crippen LogP contribution < -0.4 is 14.8 Å². The van der Waals surface area contributed by atoms with Crippen molar-refractivity contribution in [3.8, 4) is 22.8 Å². The number of fused-ring (bicyclic) bond motifs is 2. The Bertz CT molecular complexity index is 1820. The predicted molar refractivity (Wildman–Crippen MR) is 163 cm³/mol. The number of pyridine rings is 2. The normalized spacial score (nSPS) is 18.1. The minimum atomic E-state index is -0.738. The second kappa shape index (κ2) is 11.2. The molecule has 2 aliphatic rings. The van der Waals surface area contributed by atoms with Crippen molar-refractivity contribution in [1.29, 1.82) is 0 Å². The molecule has 0 saturated heterocycles. The fourth-order valence-electron chi connectivity index (χ4n) is 6.00. The van der Waals surface area contributed by atoms with Crippen LogP contribution in [0.15, 0.2) is 41.6 Å². The summed E-state index contributed by atoms with van der Waals surface area (Å²) in [6, 6.07) is 9.95. The highest BCUT2D eigenvalue weighted by atomic mass is 19.1. The third-order valence-electron chi connectivity index (χ3n) is 9.03. The van der Waals surface area contributed by atoms with Gasteiger partial charge in [-0.1, -0.05) is 12.1 Å². The third-order valence-corrected chi connectivity index (χ3v) is 9.03. The van der Waals surface area contributed by atoms with E-state index in [9.17, 15) is 14.1 Å². The van der Waals surface area contributed by atoms with Gasteiger partial charge in [0, 0.05) is 51.5 Å². The molecule has 0 spiro atoms. The van der Waals surface area contributed by atoms with Crippen LogP contribution in [-0.2, 0) is 5.41 Å². The number of nitrogens with one attached hydrogen (secondary N) is 1. The minimum Gasteiger partial charge on any atom is -0.494 e. The summed E-state index contributed by atoms with van der Waals surface area (Å²) in [5, 5.41) is 7.04. The van der Waals surface area contributed by atoms with Crippen LogP contribution in [0.2, 0.25) is 0 Å². The summed E-state index contributed by atoms with van der Waals surface area (Å²) in [6.45, 7) is 7.59. The maximum absolute atomic E-state index is 15.4. The fraction of sp³-hybridized carbons (Fsp3) is 0.382. The molecule has 2 aromatic carbocycles. The summed E-state index contributed by atoms with van der Waals surface area (Å²) < 4.78 is 41.2. The van der Waals surface area contributed by atoms with Gasteiger partial charge in [0.2, 0.25) is 0 Å². The van der Waals surface area contributed by atoms with Crippen molar-refractivity contribution < 1.29 is 23.0 Å². The molecule has 2 atom stereocenters. The Hall–Kier alpha value is -4.47. The molecule has 44 heavy (non-hydrogen) atoms. The standard InChI is InChI=1S/C34H34F2N4O4/c1-17-10-21-11-22(12-28(43-5)30(21)39-19(17)3)33(41)37-14-24(20-6-7-20)27-13-25-32(44-16-34(25,4)15-38-42)31(40-27)23-8-9-26(35)18(2)29(23)36/h8-13,20,24H,6-7,14-16H2,1-5H3,(H,37,41)/t24-,34-/m0/s1. The Morgan fingerprint density at radius 3 is 2.64 bits per heavy atom. The Kier molecular flexibility index (Phi) is 7.55. The number of benzene rings is 2. The van der Waals surface area contributed by atoms with E-state index in [2.05, 4.69) is 15.5 Å². The van der Waals surface area contributed by atoms with Gasteiger partial charge in [0.05, 0.1) is 25.7 Å². The largest absolute Gasteiger partial charge is 0.494 e. The first-order valence-electron chi connectivity index (χ1n) is 14.7. The average Bonchev–Trinajstić information content (AvgIpc) is 3.79. The molecule has 1 aliphatic heterocycles. The van der Waals surface area contributed by atoms with Gasteiger partial charge < -0.3 is 14.8 Å². The molecule has 0 radical (unpaired) electrons. The maximum Gasteiger partial charge on any atom is 0.251 e. The quantitative estimate of drug-likeness (QED) is 0.211. The lowest BCUT2D eigenvalue weighted by molar-refractivity contribution is 0.0950. The van der Waals surface area contributed by atoms with Gasteiger partial charge >= 0.3 is 0 Å². The number of aromatic nitrogens is 2. The van der Waals surface area contributed by atoms with E-state index in [4.69, 9.17) is 14.5 Å². The number of aryl methyl sites for hydroxylation is 2. The SMILES string of the molecule is COc1cc(C(=O)NC[C@H](c2cc3c(c(-c4ccc(F)c(C)c4F)n2)OC[C@]3(C)CN=O)C2CC2)cc2cc(C)c(C)nc12. The topological polar surface area (TPSA) is 103 Å². The molecule has 1 saturated carbocycles. The molecular weight excluding hydrogens is 566 g/mol. The van der Waals surface area contributed by atoms with Crippen molar-refractivity contribution in [2.45, 2.75) is 51.9 Å². The Morgan fingerprint density at radius 2 is 1.93 bits per heavy atom. The van der Waals surface area contributed by atoms with Gasteiger partial charge in [0.1, 0.15) is 34.3 Å². The Morgan fingerprint density at radius 1 is 1.16 bits per heavy atom. The number of rotatable bonds is 9. The molecule has 1 fully saturated rings. The molecule has 2 aromatic heterocycles. The number of ether oxygens (including phenoxy) is 2. The van der Waals surface area contributed by atoms with E-state index in [1.54, 1.807) is 19.2 Å². The molecule has 8 nitrogen and oxygen atoms in total. The molecule has 1 aliphatic carbocycles. The lowest BCUT2D eigenvalue weighted by atomic mass is 9.82. The number of nitrogens with zero attached hydrogens (tertiary/aromatic N) is 3. The molecule has 3 heterocycles. The molecule has 4 aromatic rings. The molecule has 0 unspecified atom stereocenters. The average molecular weight is 601 g/mol. The summed E-state index contributed by atoms with van der Waals surface area (Å²) in [5.74, 6) is -0.689. The van der Waals surface area contributed by atoms with Gasteiger partial charge in [0.15, 0.2) is 0 Å². The highest BCUT2D eigenvalue weighted by Crippen LogP contribution is 2.49. The molecule has 0 bridgehead atoms. The van der Waals surface area contributed by atoms with E-state index in [0.29, 0.717) is 33.8 Å². The number of nitroso groups, excluding NO2 is 1. The van der Waals surface area contributed by atoms with Crippen molar-refractivity contribution >= 4 is 16.8 Å². The first kappa shape index (κ1) is 29.6. The lowest BCUT2D eigenvalue weighted by Gasteiger charge is -2.23. The van der Waals surface area contributed by atoms with E-state index in [-0.39, 0.29) is 54.3 Å². The van der Waals surface area contributed by atoms with Crippen LogP contribution in [0, 0.1) is 43.2 Å². The molecule has 6 rings (SSSR count). The predicted octanol–water partition coefficient (Wildman–Crippen LogP) is 6.85. The van der Waals surface area contributed by atoms with Crippen LogP contribution >= 0.6 is 0 Å². The van der Waals surface area contributed by atoms with E-state index in [0.717, 1.165) is 29.5 Å². The van der Waals surface area contributed by atoms with Crippen molar-refractivity contribution in [3.05, 3.63) is 86.6 Å². The summed E-state index contributed by atoms with van der Waals surface area (Å²) in [6.07, 6.45) is 1.91. The lowest BCUT2D eigenvalue weighted by Crippen LogP contribution is -2.30. The first-order chi connectivity index (χ1) is 21.0. The zero-order chi connectivity index (χ0) is 31.3. The van der Waals surface area contributed by atoms with Gasteiger partial charge in [0.25, 0.3) is 5.91 Å². The minimum absolute atomic E-state index is 0.0314.